The largest absolute Gasteiger partial charge is 0.369 e. The Bertz CT molecular complexity index is 342. The summed E-state index contributed by atoms with van der Waals surface area (Å²) in [5.74, 6) is 0.123. The molecule has 1 rings (SSSR count). The van der Waals surface area contributed by atoms with Crippen LogP contribution in [0.5, 0.6) is 0 Å². The maximum Gasteiger partial charge on any atom is 0.159 e. The van der Waals surface area contributed by atoms with Gasteiger partial charge in [-0.1, -0.05) is 6.92 Å². The molecular weight excluding hydrogens is 198 g/mol. The van der Waals surface area contributed by atoms with Crippen molar-refractivity contribution in [3.8, 4) is 0 Å². The molecule has 0 fully saturated rings. The van der Waals surface area contributed by atoms with Crippen molar-refractivity contribution in [2.75, 3.05) is 11.4 Å². The van der Waals surface area contributed by atoms with Crippen LogP contribution in [0, 0.1) is 0 Å². The number of carbonyl (C=O) groups is 1. The maximum absolute atomic E-state index is 11.2. The van der Waals surface area contributed by atoms with Gasteiger partial charge in [0.25, 0.3) is 0 Å². The molecule has 0 saturated carbocycles. The van der Waals surface area contributed by atoms with Crippen LogP contribution in [0.1, 0.15) is 44.5 Å². The molecule has 0 heterocycles. The fourth-order valence-corrected chi connectivity index (χ4v) is 1.86. The van der Waals surface area contributed by atoms with Crippen molar-refractivity contribution in [3.05, 3.63) is 29.8 Å². The second kappa shape index (κ2) is 5.69. The smallest absolute Gasteiger partial charge is 0.159 e. The Hall–Kier alpha value is -1.31. The van der Waals surface area contributed by atoms with E-state index in [1.165, 1.54) is 5.69 Å². The van der Waals surface area contributed by atoms with Gasteiger partial charge in [-0.15, -0.1) is 0 Å². The molecule has 0 bridgehead atoms. The van der Waals surface area contributed by atoms with Crippen LogP contribution in [0.3, 0.4) is 0 Å². The minimum Gasteiger partial charge on any atom is -0.369 e. The topological polar surface area (TPSA) is 20.3 Å². The molecular formula is C14H21NO. The van der Waals surface area contributed by atoms with Crippen molar-refractivity contribution < 1.29 is 4.79 Å². The van der Waals surface area contributed by atoms with Crippen molar-refractivity contribution in [3.63, 3.8) is 0 Å². The SMILES string of the molecule is CCC(C)N(CC)c1ccc(C(C)=O)cc1. The van der Waals surface area contributed by atoms with Crippen molar-refractivity contribution in [2.45, 2.75) is 40.2 Å². The van der Waals surface area contributed by atoms with Gasteiger partial charge >= 0.3 is 0 Å². The lowest BCUT2D eigenvalue weighted by atomic mass is 10.1. The molecule has 1 atom stereocenters. The Balaban J connectivity index is 2.90. The van der Waals surface area contributed by atoms with E-state index >= 15 is 0 Å². The fourth-order valence-electron chi connectivity index (χ4n) is 1.86. The second-order valence-electron chi connectivity index (χ2n) is 4.15. The molecule has 0 saturated heterocycles. The molecule has 0 radical (unpaired) electrons. The number of rotatable bonds is 5. The van der Waals surface area contributed by atoms with E-state index in [1.54, 1.807) is 6.92 Å². The van der Waals surface area contributed by atoms with E-state index < -0.39 is 0 Å². The molecule has 0 aliphatic heterocycles. The van der Waals surface area contributed by atoms with Crippen LogP contribution in [0.4, 0.5) is 5.69 Å². The van der Waals surface area contributed by atoms with E-state index in [4.69, 9.17) is 0 Å². The molecule has 1 aromatic carbocycles. The average molecular weight is 219 g/mol. The molecule has 1 aromatic rings. The summed E-state index contributed by atoms with van der Waals surface area (Å²) in [7, 11) is 0. The van der Waals surface area contributed by atoms with Crippen molar-refractivity contribution >= 4 is 11.5 Å². The van der Waals surface area contributed by atoms with Gasteiger partial charge in [0.05, 0.1) is 0 Å². The summed E-state index contributed by atoms with van der Waals surface area (Å²) in [5, 5.41) is 0. The van der Waals surface area contributed by atoms with E-state index in [0.717, 1.165) is 18.5 Å². The highest BCUT2D eigenvalue weighted by atomic mass is 16.1. The number of hydrogen-bond acceptors (Lipinski definition) is 2. The zero-order valence-corrected chi connectivity index (χ0v) is 10.7. The standard InChI is InChI=1S/C14H21NO/c1-5-11(3)15(6-2)14-9-7-13(8-10-14)12(4)16/h7-11H,5-6H2,1-4H3. The Kier molecular flexibility index (Phi) is 4.53. The first-order valence-corrected chi connectivity index (χ1v) is 5.97. The number of anilines is 1. The molecule has 1 unspecified atom stereocenters. The number of carbonyl (C=O) groups excluding carboxylic acids is 1. The molecule has 16 heavy (non-hydrogen) atoms. The Labute approximate surface area is 98.3 Å². The van der Waals surface area contributed by atoms with Crippen LogP contribution in [0.15, 0.2) is 24.3 Å². The Morgan fingerprint density at radius 2 is 1.81 bits per heavy atom. The molecule has 0 N–H and O–H groups in total. The quantitative estimate of drug-likeness (QED) is 0.706. The predicted octanol–water partition coefficient (Wildman–Crippen LogP) is 3.51. The van der Waals surface area contributed by atoms with Crippen molar-refractivity contribution in [1.82, 2.24) is 0 Å². The molecule has 0 aromatic heterocycles. The van der Waals surface area contributed by atoms with Crippen molar-refractivity contribution in [2.24, 2.45) is 0 Å². The van der Waals surface area contributed by atoms with E-state index in [1.807, 2.05) is 24.3 Å². The highest BCUT2D eigenvalue weighted by Crippen LogP contribution is 2.19. The van der Waals surface area contributed by atoms with Gasteiger partial charge in [-0.25, -0.2) is 0 Å². The van der Waals surface area contributed by atoms with Gasteiger partial charge in [0.1, 0.15) is 0 Å². The number of ketones is 1. The van der Waals surface area contributed by atoms with Gasteiger partial charge in [-0.2, -0.15) is 0 Å². The zero-order chi connectivity index (χ0) is 12.1. The molecule has 88 valence electrons. The third-order valence-corrected chi connectivity index (χ3v) is 3.07. The normalized spacial score (nSPS) is 12.2. The summed E-state index contributed by atoms with van der Waals surface area (Å²) in [6.07, 6.45) is 1.13. The highest BCUT2D eigenvalue weighted by molar-refractivity contribution is 5.94. The molecule has 2 nitrogen and oxygen atoms in total. The number of nitrogens with zero attached hydrogens (tertiary/aromatic N) is 1. The van der Waals surface area contributed by atoms with E-state index in [-0.39, 0.29) is 5.78 Å². The minimum atomic E-state index is 0.123. The van der Waals surface area contributed by atoms with E-state index in [0.29, 0.717) is 6.04 Å². The zero-order valence-electron chi connectivity index (χ0n) is 10.7. The van der Waals surface area contributed by atoms with Crippen LogP contribution >= 0.6 is 0 Å². The molecule has 2 heteroatoms. The summed E-state index contributed by atoms with van der Waals surface area (Å²) < 4.78 is 0. The van der Waals surface area contributed by atoms with Gasteiger partial charge < -0.3 is 4.90 Å². The summed E-state index contributed by atoms with van der Waals surface area (Å²) in [6, 6.07) is 8.41. The van der Waals surface area contributed by atoms with Gasteiger partial charge in [-0.05, 0) is 51.5 Å². The van der Waals surface area contributed by atoms with E-state index in [9.17, 15) is 4.79 Å². The highest BCUT2D eigenvalue weighted by Gasteiger charge is 2.10. The maximum atomic E-state index is 11.2. The first-order chi connectivity index (χ1) is 7.60. The molecule has 0 aliphatic carbocycles. The summed E-state index contributed by atoms with van der Waals surface area (Å²) in [4.78, 5) is 13.5. The lowest BCUT2D eigenvalue weighted by molar-refractivity contribution is 0.101. The third kappa shape index (κ3) is 2.84. The first kappa shape index (κ1) is 12.8. The summed E-state index contributed by atoms with van der Waals surface area (Å²) in [6.45, 7) is 9.17. The van der Waals surface area contributed by atoms with E-state index in [2.05, 4.69) is 25.7 Å². The molecule has 0 spiro atoms. The van der Waals surface area contributed by atoms with Crippen molar-refractivity contribution in [1.29, 1.82) is 0 Å². The molecule has 0 amide bonds. The van der Waals surface area contributed by atoms with Crippen LogP contribution in [0.2, 0.25) is 0 Å². The Morgan fingerprint density at radius 3 is 2.19 bits per heavy atom. The number of hydrogen-bond donors (Lipinski definition) is 0. The monoisotopic (exact) mass is 219 g/mol. The summed E-state index contributed by atoms with van der Waals surface area (Å²) in [5.41, 5.74) is 1.98. The summed E-state index contributed by atoms with van der Waals surface area (Å²) >= 11 is 0. The van der Waals surface area contributed by atoms with Gasteiger partial charge in [-0.3, -0.25) is 4.79 Å². The lowest BCUT2D eigenvalue weighted by Gasteiger charge is -2.29. The molecule has 0 aliphatic rings. The van der Waals surface area contributed by atoms with Crippen LogP contribution < -0.4 is 4.90 Å². The predicted molar refractivity (Wildman–Crippen MR) is 69.2 cm³/mol. The van der Waals surface area contributed by atoms with Gasteiger partial charge in [0.15, 0.2) is 5.78 Å². The fraction of sp³-hybridized carbons (Fsp3) is 0.500. The van der Waals surface area contributed by atoms with Crippen LogP contribution in [-0.2, 0) is 0 Å². The van der Waals surface area contributed by atoms with Crippen LogP contribution in [-0.4, -0.2) is 18.4 Å². The second-order valence-corrected chi connectivity index (χ2v) is 4.15. The third-order valence-electron chi connectivity index (χ3n) is 3.07. The van der Waals surface area contributed by atoms with Gasteiger partial charge in [0, 0.05) is 23.8 Å². The average Bonchev–Trinajstić information content (AvgIpc) is 2.30. The number of benzene rings is 1. The minimum absolute atomic E-state index is 0.123. The first-order valence-electron chi connectivity index (χ1n) is 5.97. The van der Waals surface area contributed by atoms with Crippen LogP contribution in [0.25, 0.3) is 0 Å². The van der Waals surface area contributed by atoms with Gasteiger partial charge in [0.2, 0.25) is 0 Å². The Morgan fingerprint density at radius 1 is 1.25 bits per heavy atom. The number of Topliss-reactive ketones (excluding diaryl/α,β-unsaturated/α-hetero) is 1. The lowest BCUT2D eigenvalue weighted by Crippen LogP contribution is -2.32.